The Morgan fingerprint density at radius 2 is 2.00 bits per heavy atom. The molecule has 0 aromatic carbocycles. The molecular weight excluding hydrogens is 402 g/mol. The number of amides is 1. The van der Waals surface area contributed by atoms with Gasteiger partial charge in [0, 0.05) is 32.8 Å². The van der Waals surface area contributed by atoms with Crippen LogP contribution in [0.2, 0.25) is 0 Å². The van der Waals surface area contributed by atoms with E-state index in [1.165, 1.54) is 0 Å². The summed E-state index contributed by atoms with van der Waals surface area (Å²) in [5.74, 6) is -0.673. The second kappa shape index (κ2) is 11.5. The smallest absolute Gasteiger partial charge is 0.309 e. The van der Waals surface area contributed by atoms with Gasteiger partial charge in [-0.3, -0.25) is 14.4 Å². The second-order valence-electron chi connectivity index (χ2n) is 7.57. The first-order valence-electron chi connectivity index (χ1n) is 10.4. The summed E-state index contributed by atoms with van der Waals surface area (Å²) in [6.07, 6.45) is 5.77. The zero-order valence-electron chi connectivity index (χ0n) is 18.2. The topological polar surface area (TPSA) is 132 Å². The summed E-state index contributed by atoms with van der Waals surface area (Å²) in [5, 5.41) is 7.42. The van der Waals surface area contributed by atoms with Crippen LogP contribution in [0.5, 0.6) is 5.75 Å². The largest absolute Gasteiger partial charge is 0.490 e. The molecular formula is C22H31N3O6. The molecule has 0 radical (unpaired) electrons. The van der Waals surface area contributed by atoms with E-state index in [1.807, 2.05) is 13.8 Å². The van der Waals surface area contributed by atoms with Gasteiger partial charge in [0.2, 0.25) is 0 Å². The van der Waals surface area contributed by atoms with Crippen molar-refractivity contribution in [3.8, 4) is 5.75 Å². The maximum Gasteiger partial charge on any atom is 0.309 e. The first kappa shape index (κ1) is 24.3. The molecule has 2 aliphatic rings. The Kier molecular flexibility index (Phi) is 8.99. The maximum absolute atomic E-state index is 13.1. The van der Waals surface area contributed by atoms with Crippen LogP contribution in [0.15, 0.2) is 30.5 Å². The fourth-order valence-electron chi connectivity index (χ4n) is 4.05. The molecule has 1 aromatic rings. The van der Waals surface area contributed by atoms with E-state index in [0.29, 0.717) is 38.6 Å². The van der Waals surface area contributed by atoms with Crippen molar-refractivity contribution in [1.29, 1.82) is 0 Å². The molecule has 0 saturated carbocycles. The van der Waals surface area contributed by atoms with E-state index in [1.54, 1.807) is 23.2 Å². The quantitative estimate of drug-likeness (QED) is 0.510. The van der Waals surface area contributed by atoms with Crippen molar-refractivity contribution >= 4 is 17.8 Å². The van der Waals surface area contributed by atoms with Gasteiger partial charge >= 0.3 is 5.97 Å². The number of carboxylic acid groups (broad SMARTS) is 1. The fraction of sp³-hybridized carbons (Fsp3) is 0.545. The van der Waals surface area contributed by atoms with Crippen molar-refractivity contribution < 1.29 is 29.0 Å². The molecule has 1 aromatic heterocycles. The number of nitrogens with two attached hydrogens (primary N) is 1. The van der Waals surface area contributed by atoms with Crippen LogP contribution in [0.3, 0.4) is 0 Å². The summed E-state index contributed by atoms with van der Waals surface area (Å²) in [6.45, 7) is 7.04. The highest BCUT2D eigenvalue weighted by molar-refractivity contribution is 5.95. The summed E-state index contributed by atoms with van der Waals surface area (Å²) in [5.41, 5.74) is 5.78. The first-order valence-corrected chi connectivity index (χ1v) is 10.4. The molecule has 31 heavy (non-hydrogen) atoms. The predicted molar refractivity (Wildman–Crippen MR) is 113 cm³/mol. The third kappa shape index (κ3) is 6.27. The van der Waals surface area contributed by atoms with E-state index < -0.39 is 5.97 Å². The SMILES string of the molecule is CC(=O)O.CCOC(=O)[C@@H]1[C@H]2CN(C(=O)c3ncccc3OCCN)C[C@@H]2C=C[C@@H]1C. The lowest BCUT2D eigenvalue weighted by Crippen LogP contribution is -2.37. The van der Waals surface area contributed by atoms with Crippen molar-refractivity contribution in [3.05, 3.63) is 36.2 Å². The summed E-state index contributed by atoms with van der Waals surface area (Å²) in [7, 11) is 0. The van der Waals surface area contributed by atoms with E-state index in [4.69, 9.17) is 25.1 Å². The van der Waals surface area contributed by atoms with Gasteiger partial charge in [-0.25, -0.2) is 4.98 Å². The van der Waals surface area contributed by atoms with Crippen LogP contribution in [0.4, 0.5) is 0 Å². The summed E-state index contributed by atoms with van der Waals surface area (Å²) < 4.78 is 10.9. The van der Waals surface area contributed by atoms with Crippen molar-refractivity contribution in [2.24, 2.45) is 29.4 Å². The van der Waals surface area contributed by atoms with Gasteiger partial charge in [0.25, 0.3) is 11.9 Å². The van der Waals surface area contributed by atoms with Crippen molar-refractivity contribution in [2.45, 2.75) is 20.8 Å². The number of rotatable bonds is 6. The van der Waals surface area contributed by atoms with Crippen LogP contribution < -0.4 is 10.5 Å². The highest BCUT2D eigenvalue weighted by atomic mass is 16.5. The Morgan fingerprint density at radius 1 is 1.29 bits per heavy atom. The highest BCUT2D eigenvalue weighted by Gasteiger charge is 2.46. The number of pyridine rings is 1. The lowest BCUT2D eigenvalue weighted by Gasteiger charge is -2.31. The van der Waals surface area contributed by atoms with Crippen molar-refractivity contribution in [2.75, 3.05) is 32.8 Å². The molecule has 4 atom stereocenters. The Morgan fingerprint density at radius 3 is 2.65 bits per heavy atom. The van der Waals surface area contributed by atoms with Crippen LogP contribution in [0.1, 0.15) is 31.3 Å². The van der Waals surface area contributed by atoms with Gasteiger partial charge in [0.15, 0.2) is 11.4 Å². The van der Waals surface area contributed by atoms with Gasteiger partial charge in [-0.2, -0.15) is 0 Å². The van der Waals surface area contributed by atoms with Crippen LogP contribution in [0, 0.1) is 23.7 Å². The number of aliphatic carboxylic acids is 1. The number of ether oxygens (including phenoxy) is 2. The van der Waals surface area contributed by atoms with E-state index in [-0.39, 0.29) is 41.2 Å². The lowest BCUT2D eigenvalue weighted by molar-refractivity contribution is -0.152. The number of carboxylic acids is 1. The highest BCUT2D eigenvalue weighted by Crippen LogP contribution is 2.40. The molecule has 1 aliphatic carbocycles. The van der Waals surface area contributed by atoms with E-state index in [0.717, 1.165) is 6.92 Å². The zero-order valence-corrected chi connectivity index (χ0v) is 18.2. The number of aromatic nitrogens is 1. The number of allylic oxidation sites excluding steroid dienone is 1. The molecule has 3 N–H and O–H groups in total. The fourth-order valence-corrected chi connectivity index (χ4v) is 4.05. The monoisotopic (exact) mass is 433 g/mol. The van der Waals surface area contributed by atoms with E-state index in [9.17, 15) is 9.59 Å². The number of carbonyl (C=O) groups is 3. The third-order valence-electron chi connectivity index (χ3n) is 5.30. The number of likely N-dealkylation sites (tertiary alicyclic amines) is 1. The minimum Gasteiger partial charge on any atom is -0.490 e. The molecule has 1 amide bonds. The van der Waals surface area contributed by atoms with E-state index >= 15 is 0 Å². The molecule has 0 unspecified atom stereocenters. The summed E-state index contributed by atoms with van der Waals surface area (Å²) in [4.78, 5) is 40.5. The number of carbonyl (C=O) groups excluding carboxylic acids is 2. The van der Waals surface area contributed by atoms with Crippen LogP contribution in [-0.4, -0.2) is 65.7 Å². The molecule has 0 bridgehead atoms. The van der Waals surface area contributed by atoms with Gasteiger partial charge in [-0.1, -0.05) is 19.1 Å². The molecule has 1 aliphatic heterocycles. The number of nitrogens with zero attached hydrogens (tertiary/aromatic N) is 2. The minimum absolute atomic E-state index is 0.0603. The molecule has 9 nitrogen and oxygen atoms in total. The van der Waals surface area contributed by atoms with Crippen molar-refractivity contribution in [1.82, 2.24) is 9.88 Å². The first-order chi connectivity index (χ1) is 14.8. The van der Waals surface area contributed by atoms with Crippen LogP contribution >= 0.6 is 0 Å². The van der Waals surface area contributed by atoms with Gasteiger partial charge < -0.3 is 25.2 Å². The molecule has 3 rings (SSSR count). The van der Waals surface area contributed by atoms with Crippen LogP contribution in [-0.2, 0) is 14.3 Å². The number of fused-ring (bicyclic) bond motifs is 1. The number of hydrogen-bond acceptors (Lipinski definition) is 7. The van der Waals surface area contributed by atoms with Crippen LogP contribution in [0.25, 0.3) is 0 Å². The Labute approximate surface area is 182 Å². The lowest BCUT2D eigenvalue weighted by atomic mass is 9.72. The average molecular weight is 434 g/mol. The molecule has 0 spiro atoms. The van der Waals surface area contributed by atoms with E-state index in [2.05, 4.69) is 17.1 Å². The van der Waals surface area contributed by atoms with Gasteiger partial charge in [-0.05, 0) is 36.8 Å². The van der Waals surface area contributed by atoms with Gasteiger partial charge in [0.1, 0.15) is 6.61 Å². The Hall–Kier alpha value is -2.94. The molecule has 1 fully saturated rings. The Bertz CT molecular complexity index is 808. The summed E-state index contributed by atoms with van der Waals surface area (Å²) in [6, 6.07) is 3.45. The normalized spacial score (nSPS) is 23.9. The maximum atomic E-state index is 13.1. The third-order valence-corrected chi connectivity index (χ3v) is 5.30. The standard InChI is InChI=1S/C20H27N3O4.C2H4O2/c1-3-26-20(25)17-13(2)6-7-14-11-23(12-15(14)17)19(24)18-16(27-10-8-21)5-4-9-22-18;1-2(3)4/h4-7,9,13-15,17H,3,8,10-12,21H2,1-2H3;1H3,(H,3,4)/t13-,14-,15-,17-;/m0./s1. The average Bonchev–Trinajstić information content (AvgIpc) is 3.15. The number of esters is 1. The summed E-state index contributed by atoms with van der Waals surface area (Å²) >= 11 is 0. The molecule has 2 heterocycles. The number of hydrogen-bond donors (Lipinski definition) is 2. The van der Waals surface area contributed by atoms with Gasteiger partial charge in [-0.15, -0.1) is 0 Å². The molecule has 1 saturated heterocycles. The predicted octanol–water partition coefficient (Wildman–Crippen LogP) is 1.58. The zero-order chi connectivity index (χ0) is 23.0. The Balaban J connectivity index is 0.000000785. The minimum atomic E-state index is -0.833. The second-order valence-corrected chi connectivity index (χ2v) is 7.57. The molecule has 9 heteroatoms. The molecule has 170 valence electrons. The van der Waals surface area contributed by atoms with Gasteiger partial charge in [0.05, 0.1) is 12.5 Å². The van der Waals surface area contributed by atoms with Crippen molar-refractivity contribution in [3.63, 3.8) is 0 Å².